The maximum Gasteiger partial charge on any atom is 0.337 e. The molecular weight excluding hydrogens is 464 g/mol. The number of morpholine rings is 1. The second-order valence-corrected chi connectivity index (χ2v) is 8.93. The lowest BCUT2D eigenvalue weighted by molar-refractivity contribution is 0.0347. The topological polar surface area (TPSA) is 80.1 Å². The predicted octanol–water partition coefficient (Wildman–Crippen LogP) is 3.43. The van der Waals surface area contributed by atoms with Crippen molar-refractivity contribution >= 4 is 23.3 Å². The molecule has 1 N–H and O–H groups in total. The van der Waals surface area contributed by atoms with Gasteiger partial charge in [-0.05, 0) is 48.6 Å². The van der Waals surface area contributed by atoms with E-state index >= 15 is 0 Å². The number of benzene rings is 1. The molecule has 1 aromatic carbocycles. The number of thiocarbonyl (C=S) groups is 1. The largest absolute Gasteiger partial charge is 0.465 e. The normalized spacial score (nSPS) is 20.6. The van der Waals surface area contributed by atoms with Crippen molar-refractivity contribution in [1.82, 2.24) is 20.1 Å². The van der Waals surface area contributed by atoms with E-state index in [1.807, 2.05) is 42.5 Å². The molecule has 0 spiro atoms. The van der Waals surface area contributed by atoms with Gasteiger partial charge in [0.05, 0.1) is 37.6 Å². The third-order valence-corrected chi connectivity index (χ3v) is 6.82. The highest BCUT2D eigenvalue weighted by atomic mass is 32.1. The van der Waals surface area contributed by atoms with Crippen molar-refractivity contribution in [2.75, 3.05) is 46.5 Å². The summed E-state index contributed by atoms with van der Waals surface area (Å²) in [6.07, 6.45) is 1.80. The van der Waals surface area contributed by atoms with E-state index in [0.717, 1.165) is 62.2 Å². The molecule has 2 aromatic heterocycles. The minimum absolute atomic E-state index is 0.130. The van der Waals surface area contributed by atoms with E-state index < -0.39 is 0 Å². The number of ether oxygens (including phenoxy) is 2. The maximum absolute atomic E-state index is 11.8. The molecule has 5 rings (SSSR count). The molecule has 9 heteroatoms. The van der Waals surface area contributed by atoms with Gasteiger partial charge in [0.1, 0.15) is 17.6 Å². The number of hydrogen-bond donors (Lipinski definition) is 1. The van der Waals surface area contributed by atoms with Crippen LogP contribution >= 0.6 is 12.2 Å². The summed E-state index contributed by atoms with van der Waals surface area (Å²) in [6.45, 7) is 5.03. The number of hydrogen-bond acceptors (Lipinski definition) is 7. The summed E-state index contributed by atoms with van der Waals surface area (Å²) >= 11 is 5.77. The number of aromatic nitrogens is 1. The van der Waals surface area contributed by atoms with Gasteiger partial charge < -0.3 is 24.1 Å². The maximum atomic E-state index is 11.8. The molecule has 2 aliphatic heterocycles. The lowest BCUT2D eigenvalue weighted by Crippen LogP contribution is -2.42. The highest BCUT2D eigenvalue weighted by molar-refractivity contribution is 7.80. The average Bonchev–Trinajstić information content (AvgIpc) is 3.52. The van der Waals surface area contributed by atoms with Crippen molar-refractivity contribution in [1.29, 1.82) is 0 Å². The SMILES string of the molecule is COC(=O)c1ccc(-c2ccc([C@@H]3[C@H](c4ccccn4)NC(=S)N3CCN3CCOCC3)o2)cc1. The first kappa shape index (κ1) is 23.5. The first-order valence-corrected chi connectivity index (χ1v) is 12.1. The van der Waals surface area contributed by atoms with Crippen LogP contribution in [0.25, 0.3) is 11.3 Å². The first-order valence-electron chi connectivity index (χ1n) is 11.7. The predicted molar refractivity (Wildman–Crippen MR) is 135 cm³/mol. The van der Waals surface area contributed by atoms with E-state index in [4.69, 9.17) is 26.1 Å². The van der Waals surface area contributed by atoms with Crippen LogP contribution in [0, 0.1) is 0 Å². The second kappa shape index (κ2) is 10.6. The van der Waals surface area contributed by atoms with Crippen molar-refractivity contribution < 1.29 is 18.7 Å². The van der Waals surface area contributed by atoms with Gasteiger partial charge in [-0.25, -0.2) is 4.79 Å². The minimum Gasteiger partial charge on any atom is -0.465 e. The molecule has 8 nitrogen and oxygen atoms in total. The molecule has 0 amide bonds. The number of carbonyl (C=O) groups excluding carboxylic acids is 1. The summed E-state index contributed by atoms with van der Waals surface area (Å²) in [5.41, 5.74) is 2.29. The standard InChI is InChI=1S/C26H28N4O4S/c1-32-25(31)19-7-5-18(6-8-19)21-9-10-22(34-21)24-23(20-4-2-3-11-27-20)28-26(35)30(24)13-12-29-14-16-33-17-15-29/h2-11,23-24H,12-17H2,1H3,(H,28,35)/t23-,24+/m0/s1. The zero-order valence-electron chi connectivity index (χ0n) is 19.6. The Morgan fingerprint density at radius 2 is 1.91 bits per heavy atom. The molecule has 35 heavy (non-hydrogen) atoms. The van der Waals surface area contributed by atoms with E-state index in [0.29, 0.717) is 10.7 Å². The van der Waals surface area contributed by atoms with Gasteiger partial charge in [0.25, 0.3) is 0 Å². The Morgan fingerprint density at radius 1 is 1.11 bits per heavy atom. The smallest absolute Gasteiger partial charge is 0.337 e. The van der Waals surface area contributed by atoms with Gasteiger partial charge in [0.2, 0.25) is 0 Å². The molecule has 2 atom stereocenters. The van der Waals surface area contributed by atoms with Crippen LogP contribution in [0.5, 0.6) is 0 Å². The molecule has 2 aliphatic rings. The molecule has 0 saturated carbocycles. The van der Waals surface area contributed by atoms with Crippen LogP contribution in [0.15, 0.2) is 65.2 Å². The van der Waals surface area contributed by atoms with E-state index in [2.05, 4.69) is 20.1 Å². The lowest BCUT2D eigenvalue weighted by Gasteiger charge is -2.31. The number of pyridine rings is 1. The van der Waals surface area contributed by atoms with Gasteiger partial charge in [0, 0.05) is 37.9 Å². The Kier molecular flexibility index (Phi) is 7.08. The van der Waals surface area contributed by atoms with Crippen LogP contribution in [0.1, 0.15) is 33.9 Å². The summed E-state index contributed by atoms with van der Waals surface area (Å²) < 4.78 is 16.7. The molecule has 0 bridgehead atoms. The fraction of sp³-hybridized carbons (Fsp3) is 0.346. The molecule has 0 aliphatic carbocycles. The van der Waals surface area contributed by atoms with Crippen molar-refractivity contribution in [3.05, 3.63) is 77.8 Å². The van der Waals surface area contributed by atoms with Crippen molar-refractivity contribution in [3.63, 3.8) is 0 Å². The Bertz CT molecular complexity index is 1160. The summed E-state index contributed by atoms with van der Waals surface area (Å²) in [6, 6.07) is 16.8. The van der Waals surface area contributed by atoms with E-state index in [9.17, 15) is 4.79 Å². The molecule has 182 valence electrons. The molecule has 2 fully saturated rings. The molecule has 0 radical (unpaired) electrons. The van der Waals surface area contributed by atoms with E-state index in [1.165, 1.54) is 7.11 Å². The number of furan rings is 1. The number of nitrogens with zero attached hydrogens (tertiary/aromatic N) is 3. The van der Waals surface area contributed by atoms with Crippen LogP contribution in [0.3, 0.4) is 0 Å². The van der Waals surface area contributed by atoms with Gasteiger partial charge in [-0.3, -0.25) is 9.88 Å². The molecule has 4 heterocycles. The zero-order chi connectivity index (χ0) is 24.2. The van der Waals surface area contributed by atoms with Crippen molar-refractivity contribution in [3.8, 4) is 11.3 Å². The number of carbonyl (C=O) groups is 1. The van der Waals surface area contributed by atoms with Gasteiger partial charge in [-0.1, -0.05) is 18.2 Å². The van der Waals surface area contributed by atoms with Gasteiger partial charge in [-0.2, -0.15) is 0 Å². The number of rotatable bonds is 7. The number of methoxy groups -OCH3 is 1. The number of esters is 1. The second-order valence-electron chi connectivity index (χ2n) is 8.54. The Labute approximate surface area is 209 Å². The third-order valence-electron chi connectivity index (χ3n) is 6.47. The average molecular weight is 493 g/mol. The van der Waals surface area contributed by atoms with E-state index in [1.54, 1.807) is 18.3 Å². The Morgan fingerprint density at radius 3 is 2.63 bits per heavy atom. The van der Waals surface area contributed by atoms with Crippen LogP contribution < -0.4 is 5.32 Å². The summed E-state index contributed by atoms with van der Waals surface area (Å²) in [5, 5.41) is 4.17. The fourth-order valence-corrected chi connectivity index (χ4v) is 4.92. The summed E-state index contributed by atoms with van der Waals surface area (Å²) in [4.78, 5) is 21.0. The monoisotopic (exact) mass is 492 g/mol. The highest BCUT2D eigenvalue weighted by Crippen LogP contribution is 2.40. The molecule has 0 unspecified atom stereocenters. The van der Waals surface area contributed by atoms with Crippen LogP contribution in [-0.2, 0) is 9.47 Å². The zero-order valence-corrected chi connectivity index (χ0v) is 20.4. The highest BCUT2D eigenvalue weighted by Gasteiger charge is 2.41. The third kappa shape index (κ3) is 5.07. The quantitative estimate of drug-likeness (QED) is 0.394. The van der Waals surface area contributed by atoms with Crippen molar-refractivity contribution in [2.45, 2.75) is 12.1 Å². The molecule has 2 saturated heterocycles. The minimum atomic E-state index is -0.365. The van der Waals surface area contributed by atoms with Crippen LogP contribution in [0.4, 0.5) is 0 Å². The molecular formula is C26H28N4O4S. The Hall–Kier alpha value is -3.27. The lowest BCUT2D eigenvalue weighted by atomic mass is 10.0. The number of nitrogens with one attached hydrogen (secondary N) is 1. The van der Waals surface area contributed by atoms with Gasteiger partial charge in [0.15, 0.2) is 5.11 Å². The first-order chi connectivity index (χ1) is 17.1. The summed E-state index contributed by atoms with van der Waals surface area (Å²) in [7, 11) is 1.37. The van der Waals surface area contributed by atoms with Crippen molar-refractivity contribution in [2.24, 2.45) is 0 Å². The summed E-state index contributed by atoms with van der Waals surface area (Å²) in [5.74, 6) is 1.17. The fourth-order valence-electron chi connectivity index (χ4n) is 4.58. The Balaban J connectivity index is 1.41. The van der Waals surface area contributed by atoms with Crippen LogP contribution in [0.2, 0.25) is 0 Å². The van der Waals surface area contributed by atoms with E-state index in [-0.39, 0.29) is 18.1 Å². The van der Waals surface area contributed by atoms with Gasteiger partial charge in [-0.15, -0.1) is 0 Å². The van der Waals surface area contributed by atoms with Crippen LogP contribution in [-0.4, -0.2) is 72.4 Å². The van der Waals surface area contributed by atoms with Gasteiger partial charge >= 0.3 is 5.97 Å². The molecule has 3 aromatic rings.